The molecule has 0 unspecified atom stereocenters. The summed E-state index contributed by atoms with van der Waals surface area (Å²) in [5, 5.41) is 2.96. The molecule has 0 radical (unpaired) electrons. The Kier molecular flexibility index (Phi) is 6.00. The van der Waals surface area contributed by atoms with Gasteiger partial charge in [0.05, 0.1) is 11.2 Å². The first-order valence-corrected chi connectivity index (χ1v) is 6.19. The molecule has 0 bridgehead atoms. The van der Waals surface area contributed by atoms with Gasteiger partial charge in [-0.1, -0.05) is 26.5 Å². The van der Waals surface area contributed by atoms with E-state index in [1.807, 2.05) is 54.8 Å². The molecule has 1 aliphatic heterocycles. The summed E-state index contributed by atoms with van der Waals surface area (Å²) in [6.07, 6.45) is 3.59. The first kappa shape index (κ1) is 16.3. The van der Waals surface area contributed by atoms with Crippen LogP contribution in [0.15, 0.2) is 24.3 Å². The van der Waals surface area contributed by atoms with Gasteiger partial charge in [-0.3, -0.25) is 0 Å². The van der Waals surface area contributed by atoms with Crippen molar-refractivity contribution in [3.63, 3.8) is 0 Å². The third kappa shape index (κ3) is 3.61. The molecule has 98 valence electrons. The van der Waals surface area contributed by atoms with E-state index in [-0.39, 0.29) is 18.3 Å². The van der Waals surface area contributed by atoms with Gasteiger partial charge in [0.25, 0.3) is 0 Å². The summed E-state index contributed by atoms with van der Waals surface area (Å²) < 4.78 is 11.7. The zero-order valence-corrected chi connectivity index (χ0v) is 12.3. The molecule has 1 rings (SSSR count). The molecule has 0 aromatic carbocycles. The second-order valence-electron chi connectivity index (χ2n) is 4.73. The van der Waals surface area contributed by atoms with E-state index in [2.05, 4.69) is 11.9 Å². The molecule has 17 heavy (non-hydrogen) atoms. The Labute approximate surface area is 106 Å². The zero-order valence-electron chi connectivity index (χ0n) is 12.3. The van der Waals surface area contributed by atoms with E-state index in [4.69, 9.17) is 9.31 Å². The van der Waals surface area contributed by atoms with Crippen molar-refractivity contribution in [2.45, 2.75) is 52.7 Å². The Bertz CT molecular complexity index is 269. The third-order valence-corrected chi connectivity index (χ3v) is 3.07. The third-order valence-electron chi connectivity index (χ3n) is 3.07. The predicted octanol–water partition coefficient (Wildman–Crippen LogP) is 2.93. The second-order valence-corrected chi connectivity index (χ2v) is 4.73. The maximum absolute atomic E-state index is 5.87. The smallest absolute Gasteiger partial charge is 0.399 e. The van der Waals surface area contributed by atoms with Crippen molar-refractivity contribution in [2.24, 2.45) is 0 Å². The molecule has 0 atom stereocenters. The van der Waals surface area contributed by atoms with Crippen LogP contribution in [0.4, 0.5) is 0 Å². The van der Waals surface area contributed by atoms with E-state index in [0.29, 0.717) is 0 Å². The van der Waals surface area contributed by atoms with Crippen molar-refractivity contribution in [3.05, 3.63) is 24.3 Å². The highest BCUT2D eigenvalue weighted by molar-refractivity contribution is 6.55. The van der Waals surface area contributed by atoms with E-state index >= 15 is 0 Å². The lowest BCUT2D eigenvalue weighted by Gasteiger charge is -2.32. The summed E-state index contributed by atoms with van der Waals surface area (Å²) in [4.78, 5) is 0. The summed E-state index contributed by atoms with van der Waals surface area (Å²) in [5.41, 5.74) is 0.317. The van der Waals surface area contributed by atoms with Gasteiger partial charge < -0.3 is 14.6 Å². The van der Waals surface area contributed by atoms with Crippen molar-refractivity contribution in [1.82, 2.24) is 5.32 Å². The van der Waals surface area contributed by atoms with Crippen LogP contribution < -0.4 is 5.32 Å². The van der Waals surface area contributed by atoms with Gasteiger partial charge in [0.15, 0.2) is 0 Å². The summed E-state index contributed by atoms with van der Waals surface area (Å²) in [5.74, 6) is 0. The molecule has 0 aromatic heterocycles. The minimum Gasteiger partial charge on any atom is -0.399 e. The van der Waals surface area contributed by atoms with Crippen LogP contribution in [-0.4, -0.2) is 25.4 Å². The predicted molar refractivity (Wildman–Crippen MR) is 74.8 cm³/mol. The largest absolute Gasteiger partial charge is 0.496 e. The van der Waals surface area contributed by atoms with Crippen LogP contribution in [0, 0.1) is 0 Å². The van der Waals surface area contributed by atoms with Gasteiger partial charge in [0.1, 0.15) is 0 Å². The van der Waals surface area contributed by atoms with Crippen molar-refractivity contribution < 1.29 is 9.31 Å². The minimum atomic E-state index is -0.333. The molecule has 3 nitrogen and oxygen atoms in total. The molecule has 0 aromatic rings. The standard InChI is InChI=1S/C11H20BNO2.C2H6/c1-7-9(8-13-6)12-14-10(2,3)11(4,5)15-12;1-2/h7-8,13H,1H2,2-6H3;1-2H3/b9-8+;. The highest BCUT2D eigenvalue weighted by atomic mass is 16.7. The highest BCUT2D eigenvalue weighted by Crippen LogP contribution is 2.38. The van der Waals surface area contributed by atoms with Crippen LogP contribution in [0.2, 0.25) is 0 Å². The van der Waals surface area contributed by atoms with E-state index in [9.17, 15) is 0 Å². The molecular formula is C13H26BNO2. The topological polar surface area (TPSA) is 30.5 Å². The number of hydrogen-bond acceptors (Lipinski definition) is 3. The van der Waals surface area contributed by atoms with E-state index in [0.717, 1.165) is 5.47 Å². The number of rotatable bonds is 3. The minimum absolute atomic E-state index is 0.298. The van der Waals surface area contributed by atoms with Gasteiger partial charge in [-0.15, -0.1) is 0 Å². The van der Waals surface area contributed by atoms with Crippen LogP contribution in [0.3, 0.4) is 0 Å². The highest BCUT2D eigenvalue weighted by Gasteiger charge is 2.51. The molecule has 1 aliphatic rings. The summed E-state index contributed by atoms with van der Waals surface area (Å²) in [6, 6.07) is 0. The van der Waals surface area contributed by atoms with Crippen LogP contribution in [-0.2, 0) is 9.31 Å². The lowest BCUT2D eigenvalue weighted by molar-refractivity contribution is 0.00578. The molecule has 1 fully saturated rings. The first-order chi connectivity index (χ1) is 7.84. The van der Waals surface area contributed by atoms with Gasteiger partial charge in [0, 0.05) is 7.05 Å². The van der Waals surface area contributed by atoms with Crippen LogP contribution in [0.25, 0.3) is 0 Å². The van der Waals surface area contributed by atoms with Crippen molar-refractivity contribution >= 4 is 7.12 Å². The van der Waals surface area contributed by atoms with Gasteiger partial charge in [-0.05, 0) is 39.4 Å². The van der Waals surface area contributed by atoms with Gasteiger partial charge >= 0.3 is 7.12 Å². The summed E-state index contributed by atoms with van der Waals surface area (Å²) >= 11 is 0. The Morgan fingerprint density at radius 2 is 1.53 bits per heavy atom. The maximum atomic E-state index is 5.87. The molecule has 0 amide bonds. The van der Waals surface area contributed by atoms with Crippen LogP contribution in [0.1, 0.15) is 41.5 Å². The monoisotopic (exact) mass is 239 g/mol. The zero-order chi connectivity index (χ0) is 13.7. The average Bonchev–Trinajstić information content (AvgIpc) is 2.47. The number of hydrogen-bond donors (Lipinski definition) is 1. The molecule has 1 saturated heterocycles. The second kappa shape index (κ2) is 6.27. The van der Waals surface area contributed by atoms with Crippen molar-refractivity contribution in [3.8, 4) is 0 Å². The van der Waals surface area contributed by atoms with Crippen LogP contribution >= 0.6 is 0 Å². The van der Waals surface area contributed by atoms with E-state index in [1.165, 1.54) is 0 Å². The molecular weight excluding hydrogens is 213 g/mol. The molecule has 4 heteroatoms. The maximum Gasteiger partial charge on any atom is 0.496 e. The number of nitrogens with one attached hydrogen (secondary N) is 1. The molecule has 0 aliphatic carbocycles. The fourth-order valence-corrected chi connectivity index (χ4v) is 1.37. The SMILES string of the molecule is C=C/C(=C\NC)B1OC(C)(C)C(C)(C)O1.CC. The van der Waals surface area contributed by atoms with E-state index in [1.54, 1.807) is 6.08 Å². The van der Waals surface area contributed by atoms with E-state index < -0.39 is 0 Å². The fourth-order valence-electron chi connectivity index (χ4n) is 1.37. The molecule has 0 spiro atoms. The number of allylic oxidation sites excluding steroid dienone is 2. The lowest BCUT2D eigenvalue weighted by Crippen LogP contribution is -2.41. The van der Waals surface area contributed by atoms with Gasteiger partial charge in [-0.2, -0.15) is 0 Å². The fraction of sp³-hybridized carbons (Fsp3) is 0.692. The van der Waals surface area contributed by atoms with Gasteiger partial charge in [-0.25, -0.2) is 0 Å². The quantitative estimate of drug-likeness (QED) is 0.606. The average molecular weight is 239 g/mol. The Morgan fingerprint density at radius 3 is 1.82 bits per heavy atom. The normalized spacial score (nSPS) is 21.6. The van der Waals surface area contributed by atoms with Crippen molar-refractivity contribution in [1.29, 1.82) is 0 Å². The van der Waals surface area contributed by atoms with Crippen molar-refractivity contribution in [2.75, 3.05) is 7.05 Å². The van der Waals surface area contributed by atoms with Gasteiger partial charge in [0.2, 0.25) is 0 Å². The molecule has 1 heterocycles. The Balaban J connectivity index is 0.00000121. The summed E-state index contributed by atoms with van der Waals surface area (Å²) in [6.45, 7) is 15.9. The summed E-state index contributed by atoms with van der Waals surface area (Å²) in [7, 11) is 1.51. The molecule has 1 N–H and O–H groups in total. The lowest BCUT2D eigenvalue weighted by atomic mass is 9.79. The first-order valence-electron chi connectivity index (χ1n) is 6.19. The Morgan fingerprint density at radius 1 is 1.12 bits per heavy atom. The van der Waals surface area contributed by atoms with Crippen LogP contribution in [0.5, 0.6) is 0 Å². The Hall–Kier alpha value is -0.735. The molecule has 0 saturated carbocycles.